The van der Waals surface area contributed by atoms with Crippen molar-refractivity contribution in [1.82, 2.24) is 4.98 Å². The molecule has 0 N–H and O–H groups in total. The number of aromatic nitrogens is 1. The Bertz CT molecular complexity index is 1370. The maximum atomic E-state index is 4.24. The molecule has 6 rings (SSSR count). The largest absolute Gasteiger partial charge is 0.310 e. The van der Waals surface area contributed by atoms with Crippen molar-refractivity contribution in [1.29, 1.82) is 0 Å². The van der Waals surface area contributed by atoms with E-state index < -0.39 is 0 Å². The zero-order valence-electron chi connectivity index (χ0n) is 20.1. The van der Waals surface area contributed by atoms with Crippen LogP contribution >= 0.6 is 0 Å². The van der Waals surface area contributed by atoms with E-state index in [1.807, 2.05) is 12.4 Å². The van der Waals surface area contributed by atoms with Gasteiger partial charge in [0.15, 0.2) is 0 Å². The van der Waals surface area contributed by atoms with Gasteiger partial charge in [0.1, 0.15) is 0 Å². The summed E-state index contributed by atoms with van der Waals surface area (Å²) in [5, 5.41) is 0. The van der Waals surface area contributed by atoms with E-state index >= 15 is 0 Å². The van der Waals surface area contributed by atoms with Crippen molar-refractivity contribution >= 4 is 17.1 Å². The van der Waals surface area contributed by atoms with Crippen LogP contribution in [0.2, 0.25) is 0 Å². The van der Waals surface area contributed by atoms with Crippen molar-refractivity contribution < 1.29 is 0 Å². The summed E-state index contributed by atoms with van der Waals surface area (Å²) in [4.78, 5) is 6.64. The second kappa shape index (κ2) is 8.56. The van der Waals surface area contributed by atoms with Crippen molar-refractivity contribution in [2.75, 3.05) is 4.90 Å². The Morgan fingerprint density at radius 1 is 0.543 bits per heavy atom. The Balaban J connectivity index is 1.47. The molecule has 0 radical (unpaired) electrons. The fourth-order valence-electron chi connectivity index (χ4n) is 5.54. The summed E-state index contributed by atoms with van der Waals surface area (Å²) in [6, 6.07) is 41.6. The second-order valence-corrected chi connectivity index (χ2v) is 9.71. The van der Waals surface area contributed by atoms with Gasteiger partial charge >= 0.3 is 0 Å². The SMILES string of the molecule is CC1(C)c2ccccc2N(c2ccc(C(c3ccccc3)c3ccncc3)cc2)c2ccccc21. The standard InChI is InChI=1S/C33H28N2/c1-33(2)28-12-6-8-14-30(28)35(31-15-9-7-13-29(31)33)27-18-16-25(17-19-27)32(24-10-4-3-5-11-24)26-20-22-34-23-21-26/h3-23,32H,1-2H3. The summed E-state index contributed by atoms with van der Waals surface area (Å²) >= 11 is 0. The van der Waals surface area contributed by atoms with Crippen LogP contribution < -0.4 is 4.90 Å². The van der Waals surface area contributed by atoms with Gasteiger partial charge in [0.25, 0.3) is 0 Å². The molecular formula is C33H28N2. The molecule has 0 aliphatic carbocycles. The van der Waals surface area contributed by atoms with E-state index in [0.29, 0.717) is 0 Å². The lowest BCUT2D eigenvalue weighted by Crippen LogP contribution is -2.30. The maximum Gasteiger partial charge on any atom is 0.0502 e. The summed E-state index contributed by atoms with van der Waals surface area (Å²) < 4.78 is 0. The van der Waals surface area contributed by atoms with Crippen molar-refractivity contribution in [2.45, 2.75) is 25.2 Å². The molecule has 35 heavy (non-hydrogen) atoms. The van der Waals surface area contributed by atoms with E-state index in [4.69, 9.17) is 0 Å². The van der Waals surface area contributed by atoms with Crippen LogP contribution in [0.15, 0.2) is 128 Å². The van der Waals surface area contributed by atoms with E-state index in [2.05, 4.69) is 139 Å². The summed E-state index contributed by atoms with van der Waals surface area (Å²) in [7, 11) is 0. The monoisotopic (exact) mass is 452 g/mol. The third kappa shape index (κ3) is 3.63. The van der Waals surface area contributed by atoms with E-state index in [1.165, 1.54) is 44.9 Å². The van der Waals surface area contributed by atoms with Crippen molar-refractivity contribution in [2.24, 2.45) is 0 Å². The highest BCUT2D eigenvalue weighted by Gasteiger charge is 2.36. The summed E-state index contributed by atoms with van der Waals surface area (Å²) in [5.74, 6) is 0.160. The minimum Gasteiger partial charge on any atom is -0.310 e. The first-order valence-corrected chi connectivity index (χ1v) is 12.2. The van der Waals surface area contributed by atoms with Crippen molar-refractivity contribution in [3.63, 3.8) is 0 Å². The molecule has 0 fully saturated rings. The second-order valence-electron chi connectivity index (χ2n) is 9.71. The topological polar surface area (TPSA) is 16.1 Å². The molecule has 4 aromatic carbocycles. The number of hydrogen-bond donors (Lipinski definition) is 0. The van der Waals surface area contributed by atoms with Crippen LogP contribution in [0.1, 0.15) is 47.6 Å². The highest BCUT2D eigenvalue weighted by molar-refractivity contribution is 5.85. The van der Waals surface area contributed by atoms with E-state index in [9.17, 15) is 0 Å². The van der Waals surface area contributed by atoms with Crippen LogP contribution in [0, 0.1) is 0 Å². The molecular weight excluding hydrogens is 424 g/mol. The Morgan fingerprint density at radius 2 is 1.03 bits per heavy atom. The van der Waals surface area contributed by atoms with Gasteiger partial charge in [0.05, 0.1) is 11.4 Å². The lowest BCUT2D eigenvalue weighted by molar-refractivity contribution is 0.632. The lowest BCUT2D eigenvalue weighted by Gasteiger charge is -2.42. The lowest BCUT2D eigenvalue weighted by atomic mass is 9.73. The number of pyridine rings is 1. The molecule has 0 amide bonds. The Kier molecular flexibility index (Phi) is 5.22. The summed E-state index contributed by atoms with van der Waals surface area (Å²) in [6.45, 7) is 4.65. The zero-order valence-corrected chi connectivity index (χ0v) is 20.1. The van der Waals surface area contributed by atoms with Gasteiger partial charge < -0.3 is 4.90 Å². The first-order valence-electron chi connectivity index (χ1n) is 12.2. The van der Waals surface area contributed by atoms with Crippen LogP contribution in [0.5, 0.6) is 0 Å². The molecule has 1 aliphatic rings. The predicted molar refractivity (Wildman–Crippen MR) is 145 cm³/mol. The summed E-state index contributed by atoms with van der Waals surface area (Å²) in [6.07, 6.45) is 3.76. The van der Waals surface area contributed by atoms with Crippen LogP contribution in [0.3, 0.4) is 0 Å². The molecule has 170 valence electrons. The van der Waals surface area contributed by atoms with Gasteiger partial charge in [-0.2, -0.15) is 0 Å². The first kappa shape index (κ1) is 21.4. The minimum absolute atomic E-state index is 0.0522. The van der Waals surface area contributed by atoms with Crippen LogP contribution in [0.4, 0.5) is 17.1 Å². The quantitative estimate of drug-likeness (QED) is 0.272. The third-order valence-corrected chi connectivity index (χ3v) is 7.29. The normalized spacial score (nSPS) is 14.6. The molecule has 1 aromatic heterocycles. The molecule has 2 nitrogen and oxygen atoms in total. The molecule has 2 heteroatoms. The zero-order chi connectivity index (χ0) is 23.8. The summed E-state index contributed by atoms with van der Waals surface area (Å²) in [5.41, 5.74) is 10.1. The van der Waals surface area contributed by atoms with Gasteiger partial charge in [-0.3, -0.25) is 4.98 Å². The van der Waals surface area contributed by atoms with E-state index in [-0.39, 0.29) is 11.3 Å². The van der Waals surface area contributed by atoms with E-state index in [1.54, 1.807) is 0 Å². The Hall–Kier alpha value is -4.17. The van der Waals surface area contributed by atoms with Gasteiger partial charge in [-0.25, -0.2) is 0 Å². The molecule has 0 spiro atoms. The average Bonchev–Trinajstić information content (AvgIpc) is 2.91. The van der Waals surface area contributed by atoms with Gasteiger partial charge in [-0.15, -0.1) is 0 Å². The molecule has 2 heterocycles. The van der Waals surface area contributed by atoms with Crippen molar-refractivity contribution in [3.05, 3.63) is 155 Å². The minimum atomic E-state index is -0.0522. The Labute approximate surface area is 207 Å². The van der Waals surface area contributed by atoms with E-state index in [0.717, 1.165) is 0 Å². The number of benzene rings is 4. The molecule has 0 saturated heterocycles. The highest BCUT2D eigenvalue weighted by atomic mass is 15.2. The maximum absolute atomic E-state index is 4.24. The number of para-hydroxylation sites is 2. The van der Waals surface area contributed by atoms with Crippen LogP contribution in [-0.4, -0.2) is 4.98 Å². The number of rotatable bonds is 4. The third-order valence-electron chi connectivity index (χ3n) is 7.29. The number of nitrogens with zero attached hydrogens (tertiary/aromatic N) is 2. The van der Waals surface area contributed by atoms with Crippen LogP contribution in [-0.2, 0) is 5.41 Å². The number of anilines is 3. The molecule has 0 saturated carbocycles. The average molecular weight is 453 g/mol. The molecule has 1 aliphatic heterocycles. The van der Waals surface area contributed by atoms with Gasteiger partial charge in [-0.05, 0) is 64.2 Å². The first-order chi connectivity index (χ1) is 17.1. The fraction of sp³-hybridized carbons (Fsp3) is 0.121. The Morgan fingerprint density at radius 3 is 1.63 bits per heavy atom. The van der Waals surface area contributed by atoms with Crippen LogP contribution in [0.25, 0.3) is 0 Å². The molecule has 5 aromatic rings. The predicted octanol–water partition coefficient (Wildman–Crippen LogP) is 8.37. The highest BCUT2D eigenvalue weighted by Crippen LogP contribution is 2.51. The van der Waals surface area contributed by atoms with Gasteiger partial charge in [0, 0.05) is 29.4 Å². The fourth-order valence-corrected chi connectivity index (χ4v) is 5.54. The molecule has 1 unspecified atom stereocenters. The smallest absolute Gasteiger partial charge is 0.0502 e. The molecule has 0 bridgehead atoms. The van der Waals surface area contributed by atoms with Crippen molar-refractivity contribution in [3.8, 4) is 0 Å². The molecule has 1 atom stereocenters. The van der Waals surface area contributed by atoms with Gasteiger partial charge in [0.2, 0.25) is 0 Å². The van der Waals surface area contributed by atoms with Gasteiger partial charge in [-0.1, -0.05) is 92.7 Å². The number of fused-ring (bicyclic) bond motifs is 2. The number of hydrogen-bond acceptors (Lipinski definition) is 2.